The number of aryl methyl sites for hydroxylation is 1. The number of aromatic nitrogens is 3. The van der Waals surface area contributed by atoms with Crippen LogP contribution in [0, 0.1) is 5.82 Å². The van der Waals surface area contributed by atoms with Crippen molar-refractivity contribution in [3.63, 3.8) is 0 Å². The minimum Gasteiger partial charge on any atom is -0.409 e. The highest BCUT2D eigenvalue weighted by Gasteiger charge is 2.15. The Morgan fingerprint density at radius 3 is 2.94 bits per heavy atom. The lowest BCUT2D eigenvalue weighted by Crippen LogP contribution is -2.16. The molecular formula is C10H10FN5OS. The van der Waals surface area contributed by atoms with Crippen LogP contribution in [0.5, 0.6) is 0 Å². The number of benzene rings is 1. The number of hydrogen-bond acceptors (Lipinski definition) is 5. The number of nitrogens with zero attached hydrogens (tertiary/aromatic N) is 4. The van der Waals surface area contributed by atoms with Crippen LogP contribution in [0.3, 0.4) is 0 Å². The van der Waals surface area contributed by atoms with Gasteiger partial charge in [-0.15, -0.1) is 0 Å². The van der Waals surface area contributed by atoms with E-state index in [1.54, 1.807) is 23.9 Å². The van der Waals surface area contributed by atoms with Crippen molar-refractivity contribution in [1.82, 2.24) is 14.8 Å². The second-order valence-corrected chi connectivity index (χ2v) is 4.38. The van der Waals surface area contributed by atoms with E-state index < -0.39 is 5.82 Å². The van der Waals surface area contributed by atoms with Crippen LogP contribution in [0.4, 0.5) is 4.39 Å². The summed E-state index contributed by atoms with van der Waals surface area (Å²) in [5, 5.41) is 16.0. The van der Waals surface area contributed by atoms with Crippen molar-refractivity contribution < 1.29 is 9.60 Å². The first-order valence-corrected chi connectivity index (χ1v) is 5.73. The largest absolute Gasteiger partial charge is 0.409 e. The van der Waals surface area contributed by atoms with E-state index in [2.05, 4.69) is 15.2 Å². The molecule has 1 aromatic carbocycles. The van der Waals surface area contributed by atoms with Crippen molar-refractivity contribution >= 4 is 17.6 Å². The standard InChI is InChI=1S/C10H10FN5OS/c1-16-10(13-5-14-16)18-7-4-2-3-6(11)8(7)9(12)15-17/h2-5,17H,1H3,(H2,12,15). The van der Waals surface area contributed by atoms with E-state index in [1.807, 2.05) is 0 Å². The average molecular weight is 267 g/mol. The molecular weight excluding hydrogens is 257 g/mol. The van der Waals surface area contributed by atoms with Crippen molar-refractivity contribution in [2.24, 2.45) is 17.9 Å². The number of oxime groups is 1. The summed E-state index contributed by atoms with van der Waals surface area (Å²) >= 11 is 1.18. The van der Waals surface area contributed by atoms with Gasteiger partial charge in [0.15, 0.2) is 11.0 Å². The molecule has 6 nitrogen and oxygen atoms in total. The van der Waals surface area contributed by atoms with Crippen molar-refractivity contribution in [3.8, 4) is 0 Å². The van der Waals surface area contributed by atoms with Gasteiger partial charge in [0.1, 0.15) is 12.1 Å². The summed E-state index contributed by atoms with van der Waals surface area (Å²) in [7, 11) is 1.72. The second kappa shape index (κ2) is 5.05. The van der Waals surface area contributed by atoms with Crippen molar-refractivity contribution in [3.05, 3.63) is 35.9 Å². The highest BCUT2D eigenvalue weighted by atomic mass is 32.2. The van der Waals surface area contributed by atoms with E-state index in [1.165, 1.54) is 24.2 Å². The van der Waals surface area contributed by atoms with E-state index in [4.69, 9.17) is 10.9 Å². The number of halogens is 1. The van der Waals surface area contributed by atoms with Crippen LogP contribution in [0.1, 0.15) is 5.56 Å². The van der Waals surface area contributed by atoms with Crippen LogP contribution in [-0.4, -0.2) is 25.8 Å². The smallest absolute Gasteiger partial charge is 0.190 e. The lowest BCUT2D eigenvalue weighted by molar-refractivity contribution is 0.318. The summed E-state index contributed by atoms with van der Waals surface area (Å²) in [6.45, 7) is 0. The maximum atomic E-state index is 13.7. The fraction of sp³-hybridized carbons (Fsp3) is 0.100. The maximum absolute atomic E-state index is 13.7. The van der Waals surface area contributed by atoms with Gasteiger partial charge >= 0.3 is 0 Å². The van der Waals surface area contributed by atoms with Gasteiger partial charge in [0.2, 0.25) is 0 Å². The molecule has 1 aromatic heterocycles. The second-order valence-electron chi connectivity index (χ2n) is 3.37. The molecule has 0 saturated carbocycles. The van der Waals surface area contributed by atoms with E-state index >= 15 is 0 Å². The van der Waals surface area contributed by atoms with Crippen molar-refractivity contribution in [2.75, 3.05) is 0 Å². The minimum atomic E-state index is -0.558. The molecule has 1 heterocycles. The molecule has 0 aliphatic heterocycles. The van der Waals surface area contributed by atoms with Crippen LogP contribution in [0.15, 0.2) is 39.7 Å². The third-order valence-corrected chi connectivity index (χ3v) is 3.32. The highest BCUT2D eigenvalue weighted by Crippen LogP contribution is 2.29. The molecule has 0 atom stereocenters. The quantitative estimate of drug-likeness (QED) is 0.377. The van der Waals surface area contributed by atoms with Gasteiger partial charge in [-0.2, -0.15) is 5.10 Å². The Labute approximate surface area is 106 Å². The van der Waals surface area contributed by atoms with E-state index in [9.17, 15) is 4.39 Å². The summed E-state index contributed by atoms with van der Waals surface area (Å²) in [5.74, 6) is -0.838. The minimum absolute atomic E-state index is 0.0491. The Kier molecular flexibility index (Phi) is 3.47. The van der Waals surface area contributed by atoms with Crippen LogP contribution in [-0.2, 0) is 7.05 Å². The third-order valence-electron chi connectivity index (χ3n) is 2.21. The molecule has 0 radical (unpaired) electrons. The Morgan fingerprint density at radius 1 is 1.56 bits per heavy atom. The average Bonchev–Trinajstić information content (AvgIpc) is 2.74. The molecule has 0 amide bonds. The Balaban J connectivity index is 2.45. The normalized spacial score (nSPS) is 11.8. The topological polar surface area (TPSA) is 89.3 Å². The third kappa shape index (κ3) is 2.28. The summed E-state index contributed by atoms with van der Waals surface area (Å²) in [6, 6.07) is 4.45. The maximum Gasteiger partial charge on any atom is 0.190 e. The molecule has 2 rings (SSSR count). The molecule has 0 fully saturated rings. The molecule has 94 valence electrons. The predicted molar refractivity (Wildman–Crippen MR) is 64.0 cm³/mol. The monoisotopic (exact) mass is 267 g/mol. The van der Waals surface area contributed by atoms with E-state index in [0.29, 0.717) is 10.1 Å². The Morgan fingerprint density at radius 2 is 2.33 bits per heavy atom. The van der Waals surface area contributed by atoms with Gasteiger partial charge in [0.25, 0.3) is 0 Å². The first-order valence-electron chi connectivity index (χ1n) is 4.91. The van der Waals surface area contributed by atoms with Crippen LogP contribution in [0.25, 0.3) is 0 Å². The summed E-state index contributed by atoms with van der Waals surface area (Å²) < 4.78 is 15.2. The van der Waals surface area contributed by atoms with Gasteiger partial charge in [-0.3, -0.25) is 0 Å². The lowest BCUT2D eigenvalue weighted by atomic mass is 10.2. The van der Waals surface area contributed by atoms with Crippen LogP contribution >= 0.6 is 11.8 Å². The van der Waals surface area contributed by atoms with Crippen molar-refractivity contribution in [2.45, 2.75) is 10.1 Å². The number of hydrogen-bond donors (Lipinski definition) is 2. The highest BCUT2D eigenvalue weighted by molar-refractivity contribution is 7.99. The van der Waals surface area contributed by atoms with Gasteiger partial charge in [-0.05, 0) is 23.9 Å². The van der Waals surface area contributed by atoms with Gasteiger partial charge in [0.05, 0.1) is 5.56 Å². The molecule has 0 bridgehead atoms. The Bertz CT molecular complexity index is 598. The molecule has 0 spiro atoms. The van der Waals surface area contributed by atoms with Gasteiger partial charge < -0.3 is 10.9 Å². The molecule has 3 N–H and O–H groups in total. The first-order chi connectivity index (χ1) is 8.63. The molecule has 0 aliphatic rings. The SMILES string of the molecule is Cn1ncnc1Sc1cccc(F)c1/C(N)=N/O. The van der Waals surface area contributed by atoms with Gasteiger partial charge in [-0.1, -0.05) is 11.2 Å². The molecule has 0 saturated heterocycles. The fourth-order valence-corrected chi connectivity index (χ4v) is 2.29. The Hall–Kier alpha value is -2.09. The molecule has 8 heteroatoms. The summed E-state index contributed by atoms with van der Waals surface area (Å²) in [5.41, 5.74) is 5.52. The zero-order valence-corrected chi connectivity index (χ0v) is 10.2. The van der Waals surface area contributed by atoms with E-state index in [0.717, 1.165) is 0 Å². The predicted octanol–water partition coefficient (Wildman–Crippen LogP) is 1.20. The lowest BCUT2D eigenvalue weighted by Gasteiger charge is -2.08. The van der Waals surface area contributed by atoms with E-state index in [-0.39, 0.29) is 11.4 Å². The van der Waals surface area contributed by atoms with Gasteiger partial charge in [-0.25, -0.2) is 14.1 Å². The molecule has 18 heavy (non-hydrogen) atoms. The van der Waals surface area contributed by atoms with Crippen LogP contribution < -0.4 is 5.73 Å². The van der Waals surface area contributed by atoms with Gasteiger partial charge in [0, 0.05) is 11.9 Å². The first kappa shape index (κ1) is 12.4. The van der Waals surface area contributed by atoms with Crippen LogP contribution in [0.2, 0.25) is 0 Å². The zero-order valence-electron chi connectivity index (χ0n) is 9.41. The number of rotatable bonds is 3. The number of nitrogens with two attached hydrogens (primary N) is 1. The number of amidine groups is 1. The molecule has 0 aliphatic carbocycles. The fourth-order valence-electron chi connectivity index (χ4n) is 1.36. The van der Waals surface area contributed by atoms with Crippen molar-refractivity contribution in [1.29, 1.82) is 0 Å². The summed E-state index contributed by atoms with van der Waals surface area (Å²) in [4.78, 5) is 4.52. The summed E-state index contributed by atoms with van der Waals surface area (Å²) in [6.07, 6.45) is 1.39. The zero-order chi connectivity index (χ0) is 13.1. The molecule has 2 aromatic rings. The molecule has 0 unspecified atom stereocenters.